The molecule has 1 rings (SSSR count). The summed E-state index contributed by atoms with van der Waals surface area (Å²) in [4.78, 5) is 0. The van der Waals surface area contributed by atoms with Gasteiger partial charge in [0.2, 0.25) is 0 Å². The second-order valence-corrected chi connectivity index (χ2v) is 4.65. The standard InChI is InChI=1S/C10H9BrClF3O/c11-9-4-8(12)2-1-6(9)3-7(5-16)10(13,14)15/h1-2,4,7,16H,3,5H2. The summed E-state index contributed by atoms with van der Waals surface area (Å²) in [6.07, 6.45) is -4.66. The largest absolute Gasteiger partial charge is 0.396 e. The molecule has 0 heterocycles. The second kappa shape index (κ2) is 5.38. The molecule has 0 amide bonds. The van der Waals surface area contributed by atoms with Crippen LogP contribution < -0.4 is 0 Å². The normalized spacial score (nSPS) is 13.9. The van der Waals surface area contributed by atoms with Crippen molar-refractivity contribution in [2.24, 2.45) is 5.92 Å². The molecule has 0 aliphatic carbocycles. The van der Waals surface area contributed by atoms with E-state index in [1.54, 1.807) is 0 Å². The third-order valence-electron chi connectivity index (χ3n) is 2.16. The van der Waals surface area contributed by atoms with Gasteiger partial charge in [0.15, 0.2) is 0 Å². The van der Waals surface area contributed by atoms with Gasteiger partial charge in [-0.3, -0.25) is 0 Å². The molecule has 1 aromatic carbocycles. The van der Waals surface area contributed by atoms with Crippen molar-refractivity contribution in [3.05, 3.63) is 33.3 Å². The zero-order valence-corrected chi connectivity index (χ0v) is 10.4. The summed E-state index contributed by atoms with van der Waals surface area (Å²) in [7, 11) is 0. The number of aliphatic hydroxyl groups excluding tert-OH is 1. The molecule has 1 N–H and O–H groups in total. The van der Waals surface area contributed by atoms with Crippen molar-refractivity contribution in [2.75, 3.05) is 6.61 Å². The van der Waals surface area contributed by atoms with E-state index in [1.807, 2.05) is 0 Å². The van der Waals surface area contributed by atoms with E-state index in [0.717, 1.165) is 0 Å². The highest BCUT2D eigenvalue weighted by Gasteiger charge is 2.39. The van der Waals surface area contributed by atoms with Crippen LogP contribution in [0.4, 0.5) is 13.2 Å². The molecule has 0 radical (unpaired) electrons. The van der Waals surface area contributed by atoms with Crippen LogP contribution in [0.1, 0.15) is 5.56 Å². The van der Waals surface area contributed by atoms with E-state index in [0.29, 0.717) is 15.1 Å². The van der Waals surface area contributed by atoms with Crippen molar-refractivity contribution in [2.45, 2.75) is 12.6 Å². The van der Waals surface area contributed by atoms with E-state index in [2.05, 4.69) is 15.9 Å². The molecule has 1 aromatic rings. The minimum atomic E-state index is -4.40. The Morgan fingerprint density at radius 3 is 2.44 bits per heavy atom. The summed E-state index contributed by atoms with van der Waals surface area (Å²) in [5, 5.41) is 9.15. The molecule has 0 fully saturated rings. The molecule has 0 aliphatic rings. The number of halogens is 5. The third-order valence-corrected chi connectivity index (χ3v) is 3.14. The lowest BCUT2D eigenvalue weighted by Gasteiger charge is -2.18. The summed E-state index contributed by atoms with van der Waals surface area (Å²) in [6.45, 7) is -0.918. The van der Waals surface area contributed by atoms with Crippen molar-refractivity contribution >= 4 is 27.5 Å². The fraction of sp³-hybridized carbons (Fsp3) is 0.400. The summed E-state index contributed by atoms with van der Waals surface area (Å²) < 4.78 is 37.8. The summed E-state index contributed by atoms with van der Waals surface area (Å²) in [5.74, 6) is -1.75. The molecule has 16 heavy (non-hydrogen) atoms. The number of alkyl halides is 3. The molecule has 0 saturated heterocycles. The summed E-state index contributed by atoms with van der Waals surface area (Å²) in [5.41, 5.74) is 0.473. The highest BCUT2D eigenvalue weighted by Crippen LogP contribution is 2.31. The Balaban J connectivity index is 2.86. The van der Waals surface area contributed by atoms with E-state index in [4.69, 9.17) is 16.7 Å². The predicted octanol–water partition coefficient (Wildman–Crippen LogP) is 3.82. The Kier molecular flexibility index (Phi) is 4.64. The number of rotatable bonds is 3. The zero-order chi connectivity index (χ0) is 12.3. The molecule has 0 spiro atoms. The molecule has 0 aromatic heterocycles. The molecular formula is C10H9BrClF3O. The van der Waals surface area contributed by atoms with Crippen molar-refractivity contribution in [3.8, 4) is 0 Å². The van der Waals surface area contributed by atoms with Crippen LogP contribution in [-0.4, -0.2) is 17.9 Å². The first kappa shape index (κ1) is 13.8. The van der Waals surface area contributed by atoms with Crippen LogP contribution in [-0.2, 0) is 6.42 Å². The highest BCUT2D eigenvalue weighted by atomic mass is 79.9. The Labute approximate surface area is 104 Å². The van der Waals surface area contributed by atoms with E-state index < -0.39 is 18.7 Å². The van der Waals surface area contributed by atoms with Gasteiger partial charge in [0.05, 0.1) is 12.5 Å². The Morgan fingerprint density at radius 2 is 2.00 bits per heavy atom. The maximum atomic E-state index is 12.4. The Morgan fingerprint density at radius 1 is 1.38 bits per heavy atom. The molecule has 0 bridgehead atoms. The first-order chi connectivity index (χ1) is 7.34. The topological polar surface area (TPSA) is 20.2 Å². The molecule has 1 unspecified atom stereocenters. The van der Waals surface area contributed by atoms with Gasteiger partial charge < -0.3 is 5.11 Å². The maximum Gasteiger partial charge on any atom is 0.394 e. The van der Waals surface area contributed by atoms with Gasteiger partial charge in [0.25, 0.3) is 0 Å². The van der Waals surface area contributed by atoms with Crippen molar-refractivity contribution in [1.29, 1.82) is 0 Å². The van der Waals surface area contributed by atoms with Crippen molar-refractivity contribution in [3.63, 3.8) is 0 Å². The highest BCUT2D eigenvalue weighted by molar-refractivity contribution is 9.10. The van der Waals surface area contributed by atoms with Gasteiger partial charge in [0.1, 0.15) is 0 Å². The monoisotopic (exact) mass is 316 g/mol. The third kappa shape index (κ3) is 3.64. The van der Waals surface area contributed by atoms with Gasteiger partial charge in [0, 0.05) is 9.50 Å². The lowest BCUT2D eigenvalue weighted by Crippen LogP contribution is -2.28. The summed E-state index contributed by atoms with van der Waals surface area (Å²) in [6, 6.07) is 4.56. The number of hydrogen-bond acceptors (Lipinski definition) is 1. The quantitative estimate of drug-likeness (QED) is 0.898. The molecule has 6 heteroatoms. The molecule has 0 saturated carbocycles. The minimum absolute atomic E-state index is 0.266. The molecule has 0 aliphatic heterocycles. The molecular weight excluding hydrogens is 308 g/mol. The molecule has 90 valence electrons. The first-order valence-corrected chi connectivity index (χ1v) is 5.63. The van der Waals surface area contributed by atoms with Crippen LogP contribution in [0.25, 0.3) is 0 Å². The van der Waals surface area contributed by atoms with Crippen LogP contribution in [0, 0.1) is 5.92 Å². The zero-order valence-electron chi connectivity index (χ0n) is 8.06. The van der Waals surface area contributed by atoms with Gasteiger partial charge >= 0.3 is 6.18 Å². The molecule has 1 nitrogen and oxygen atoms in total. The van der Waals surface area contributed by atoms with E-state index in [9.17, 15) is 13.2 Å². The van der Waals surface area contributed by atoms with E-state index >= 15 is 0 Å². The number of benzene rings is 1. The van der Waals surface area contributed by atoms with Crippen molar-refractivity contribution < 1.29 is 18.3 Å². The van der Waals surface area contributed by atoms with Gasteiger partial charge in [-0.25, -0.2) is 0 Å². The van der Waals surface area contributed by atoms with Crippen LogP contribution in [0.2, 0.25) is 5.02 Å². The average molecular weight is 318 g/mol. The van der Waals surface area contributed by atoms with Crippen LogP contribution >= 0.6 is 27.5 Å². The van der Waals surface area contributed by atoms with Crippen LogP contribution in [0.15, 0.2) is 22.7 Å². The second-order valence-electron chi connectivity index (χ2n) is 3.36. The van der Waals surface area contributed by atoms with Gasteiger partial charge in [-0.1, -0.05) is 33.6 Å². The van der Waals surface area contributed by atoms with E-state index in [-0.39, 0.29) is 6.42 Å². The smallest absolute Gasteiger partial charge is 0.394 e. The van der Waals surface area contributed by atoms with Crippen LogP contribution in [0.3, 0.4) is 0 Å². The predicted molar refractivity (Wildman–Crippen MR) is 59.5 cm³/mol. The summed E-state index contributed by atoms with van der Waals surface area (Å²) >= 11 is 8.81. The number of hydrogen-bond donors (Lipinski definition) is 1. The fourth-order valence-corrected chi connectivity index (χ4v) is 2.08. The SMILES string of the molecule is OCC(Cc1ccc(Cl)cc1Br)C(F)(F)F. The minimum Gasteiger partial charge on any atom is -0.396 e. The fourth-order valence-electron chi connectivity index (χ4n) is 1.24. The number of aliphatic hydroxyl groups is 1. The van der Waals surface area contributed by atoms with Gasteiger partial charge in [-0.2, -0.15) is 13.2 Å². The Bertz CT molecular complexity index is 368. The lowest BCUT2D eigenvalue weighted by atomic mass is 10.00. The van der Waals surface area contributed by atoms with Gasteiger partial charge in [-0.05, 0) is 24.1 Å². The maximum absolute atomic E-state index is 12.4. The van der Waals surface area contributed by atoms with E-state index in [1.165, 1.54) is 18.2 Å². The molecule has 1 atom stereocenters. The average Bonchev–Trinajstić information content (AvgIpc) is 2.14. The lowest BCUT2D eigenvalue weighted by molar-refractivity contribution is -0.183. The van der Waals surface area contributed by atoms with Crippen LogP contribution in [0.5, 0.6) is 0 Å². The Hall–Kier alpha value is -0.260. The van der Waals surface area contributed by atoms with Crippen molar-refractivity contribution in [1.82, 2.24) is 0 Å². The first-order valence-electron chi connectivity index (χ1n) is 4.46. The van der Waals surface area contributed by atoms with Gasteiger partial charge in [-0.15, -0.1) is 0 Å².